The molecule has 0 saturated carbocycles. The van der Waals surface area contributed by atoms with Crippen LogP contribution in [0.15, 0.2) is 23.4 Å². The molecule has 0 aromatic heterocycles. The zero-order valence-corrected chi connectivity index (χ0v) is 13.8. The molecule has 5 heteroatoms. The molecule has 3 unspecified atom stereocenters. The molecule has 0 bridgehead atoms. The molecule has 0 spiro atoms. The summed E-state index contributed by atoms with van der Waals surface area (Å²) >= 11 is 0. The molecule has 1 heterocycles. The second-order valence-electron chi connectivity index (χ2n) is 6.19. The monoisotopic (exact) mass is 306 g/mol. The van der Waals surface area contributed by atoms with Gasteiger partial charge in [0.05, 0.1) is 0 Å². The molecule has 1 fully saturated rings. The third-order valence-electron chi connectivity index (χ3n) is 4.79. The van der Waals surface area contributed by atoms with Crippen molar-refractivity contribution >= 4 is 5.91 Å². The first-order valence-corrected chi connectivity index (χ1v) is 8.49. The van der Waals surface area contributed by atoms with Crippen LogP contribution >= 0.6 is 0 Å². The van der Waals surface area contributed by atoms with E-state index in [0.717, 1.165) is 32.4 Å². The van der Waals surface area contributed by atoms with E-state index in [1.165, 1.54) is 11.3 Å². The van der Waals surface area contributed by atoms with Crippen LogP contribution in [0.1, 0.15) is 39.5 Å². The van der Waals surface area contributed by atoms with Crippen LogP contribution in [0.3, 0.4) is 0 Å². The maximum absolute atomic E-state index is 12.1. The Morgan fingerprint density at radius 2 is 2.32 bits per heavy atom. The molecule has 124 valence electrons. The molecule has 1 saturated heterocycles. The Balaban J connectivity index is 2.18. The van der Waals surface area contributed by atoms with Crippen LogP contribution in [-0.4, -0.2) is 42.5 Å². The van der Waals surface area contributed by atoms with Gasteiger partial charge in [0.25, 0.3) is 0 Å². The zero-order chi connectivity index (χ0) is 16.1. The summed E-state index contributed by atoms with van der Waals surface area (Å²) in [5.41, 5.74) is 14.3. The molecule has 0 radical (unpaired) electrons. The number of fused-ring (bicyclic) bond motifs is 1. The average Bonchev–Trinajstić information content (AvgIpc) is 2.55. The van der Waals surface area contributed by atoms with Crippen molar-refractivity contribution in [1.82, 2.24) is 10.2 Å². The van der Waals surface area contributed by atoms with Crippen LogP contribution in [0, 0.1) is 5.92 Å². The average molecular weight is 306 g/mol. The normalized spacial score (nSPS) is 28.0. The van der Waals surface area contributed by atoms with Crippen molar-refractivity contribution in [2.75, 3.05) is 19.6 Å². The van der Waals surface area contributed by atoms with Gasteiger partial charge in [-0.1, -0.05) is 24.6 Å². The number of carbonyl (C=O) groups excluding carboxylic acids is 1. The zero-order valence-electron chi connectivity index (χ0n) is 13.8. The molecule has 1 amide bonds. The molecule has 2 rings (SSSR count). The Labute approximate surface area is 133 Å². The summed E-state index contributed by atoms with van der Waals surface area (Å²) in [5, 5.41) is 3.60. The van der Waals surface area contributed by atoms with E-state index in [1.807, 2.05) is 18.7 Å². The van der Waals surface area contributed by atoms with E-state index in [-0.39, 0.29) is 11.9 Å². The molecule has 1 aliphatic carbocycles. The predicted octanol–water partition coefficient (Wildman–Crippen LogP) is 1.11. The van der Waals surface area contributed by atoms with Gasteiger partial charge in [0.15, 0.2) is 0 Å². The van der Waals surface area contributed by atoms with Crippen LogP contribution in [0.5, 0.6) is 0 Å². The van der Waals surface area contributed by atoms with E-state index in [4.69, 9.17) is 11.5 Å². The molecule has 0 aromatic carbocycles. The van der Waals surface area contributed by atoms with Crippen molar-refractivity contribution in [2.45, 2.75) is 51.6 Å². The van der Waals surface area contributed by atoms with Gasteiger partial charge in [-0.25, -0.2) is 0 Å². The molecular weight excluding hydrogens is 276 g/mol. The van der Waals surface area contributed by atoms with Gasteiger partial charge in [0.1, 0.15) is 0 Å². The van der Waals surface area contributed by atoms with E-state index in [0.29, 0.717) is 24.9 Å². The number of allylic oxidation sites excluding steroid dienone is 1. The molecular formula is C17H30N4O. The van der Waals surface area contributed by atoms with Crippen LogP contribution in [0.2, 0.25) is 0 Å². The van der Waals surface area contributed by atoms with Crippen LogP contribution in [0.25, 0.3) is 0 Å². The van der Waals surface area contributed by atoms with Gasteiger partial charge in [-0.05, 0) is 32.7 Å². The fourth-order valence-corrected chi connectivity index (χ4v) is 3.58. The summed E-state index contributed by atoms with van der Waals surface area (Å²) in [5.74, 6) is 0.644. The van der Waals surface area contributed by atoms with Crippen molar-refractivity contribution in [3.63, 3.8) is 0 Å². The van der Waals surface area contributed by atoms with Gasteiger partial charge in [0.2, 0.25) is 5.91 Å². The molecule has 3 atom stereocenters. The first-order chi connectivity index (χ1) is 10.6. The van der Waals surface area contributed by atoms with Crippen molar-refractivity contribution in [1.29, 1.82) is 0 Å². The van der Waals surface area contributed by atoms with E-state index in [1.54, 1.807) is 0 Å². The quantitative estimate of drug-likeness (QED) is 0.664. The first-order valence-electron chi connectivity index (χ1n) is 8.49. The summed E-state index contributed by atoms with van der Waals surface area (Å²) in [6.07, 6.45) is 7.85. The SMILES string of the molecule is CCC(=O)N(CC)C1=CCC2NCC/C(=C\C(N)CN)C2C1. The van der Waals surface area contributed by atoms with Crippen LogP contribution < -0.4 is 16.8 Å². The number of nitrogens with two attached hydrogens (primary N) is 2. The Morgan fingerprint density at radius 3 is 2.95 bits per heavy atom. The Morgan fingerprint density at radius 1 is 1.55 bits per heavy atom. The summed E-state index contributed by atoms with van der Waals surface area (Å²) in [6.45, 7) is 6.18. The number of nitrogens with one attached hydrogen (secondary N) is 1. The molecule has 5 nitrogen and oxygen atoms in total. The predicted molar refractivity (Wildman–Crippen MR) is 90.0 cm³/mol. The Kier molecular flexibility index (Phi) is 6.17. The number of hydrogen-bond acceptors (Lipinski definition) is 4. The molecule has 5 N–H and O–H groups in total. The molecule has 0 aromatic rings. The van der Waals surface area contributed by atoms with E-state index < -0.39 is 0 Å². The third kappa shape index (κ3) is 3.77. The van der Waals surface area contributed by atoms with Gasteiger partial charge < -0.3 is 21.7 Å². The lowest BCUT2D eigenvalue weighted by molar-refractivity contribution is -0.129. The number of hydrogen-bond donors (Lipinski definition) is 3. The number of piperidine rings is 1. The second kappa shape index (κ2) is 7.90. The maximum atomic E-state index is 12.1. The fourth-order valence-electron chi connectivity index (χ4n) is 3.58. The smallest absolute Gasteiger partial charge is 0.226 e. The fraction of sp³-hybridized carbons (Fsp3) is 0.706. The highest BCUT2D eigenvalue weighted by Gasteiger charge is 2.33. The Hall–Kier alpha value is -1.17. The molecule has 22 heavy (non-hydrogen) atoms. The van der Waals surface area contributed by atoms with Gasteiger partial charge in [-0.2, -0.15) is 0 Å². The summed E-state index contributed by atoms with van der Waals surface area (Å²) in [7, 11) is 0. The van der Waals surface area contributed by atoms with E-state index in [2.05, 4.69) is 17.5 Å². The highest BCUT2D eigenvalue weighted by molar-refractivity contribution is 5.77. The minimum atomic E-state index is -0.0670. The van der Waals surface area contributed by atoms with Crippen LogP contribution in [0.4, 0.5) is 0 Å². The minimum absolute atomic E-state index is 0.0670. The van der Waals surface area contributed by atoms with Crippen molar-refractivity contribution in [2.24, 2.45) is 17.4 Å². The third-order valence-corrected chi connectivity index (χ3v) is 4.79. The highest BCUT2D eigenvalue weighted by Crippen LogP contribution is 2.35. The largest absolute Gasteiger partial charge is 0.329 e. The van der Waals surface area contributed by atoms with Gasteiger partial charge in [-0.15, -0.1) is 0 Å². The van der Waals surface area contributed by atoms with Crippen molar-refractivity contribution in [3.8, 4) is 0 Å². The molecule has 1 aliphatic heterocycles. The minimum Gasteiger partial charge on any atom is -0.329 e. The maximum Gasteiger partial charge on any atom is 0.226 e. The van der Waals surface area contributed by atoms with E-state index in [9.17, 15) is 4.79 Å². The lowest BCUT2D eigenvalue weighted by atomic mass is 9.77. The van der Waals surface area contributed by atoms with Crippen molar-refractivity contribution < 1.29 is 4.79 Å². The van der Waals surface area contributed by atoms with Gasteiger partial charge in [-0.3, -0.25) is 4.79 Å². The number of amides is 1. The summed E-state index contributed by atoms with van der Waals surface area (Å²) in [4.78, 5) is 14.1. The van der Waals surface area contributed by atoms with Crippen LogP contribution in [-0.2, 0) is 4.79 Å². The Bertz CT molecular complexity index is 458. The number of rotatable bonds is 5. The summed E-state index contributed by atoms with van der Waals surface area (Å²) < 4.78 is 0. The lowest BCUT2D eigenvalue weighted by Crippen LogP contribution is -2.46. The lowest BCUT2D eigenvalue weighted by Gasteiger charge is -2.40. The summed E-state index contributed by atoms with van der Waals surface area (Å²) in [6, 6.07) is 0.395. The van der Waals surface area contributed by atoms with Gasteiger partial charge in [0, 0.05) is 43.2 Å². The highest BCUT2D eigenvalue weighted by atomic mass is 16.2. The van der Waals surface area contributed by atoms with E-state index >= 15 is 0 Å². The van der Waals surface area contributed by atoms with Gasteiger partial charge >= 0.3 is 0 Å². The second-order valence-corrected chi connectivity index (χ2v) is 6.19. The number of nitrogens with zero attached hydrogens (tertiary/aromatic N) is 1. The number of carbonyl (C=O) groups is 1. The standard InChI is InChI=1S/C17H30N4O/c1-3-17(22)21(4-2)14-5-6-16-15(10-14)12(7-8-20-16)9-13(19)11-18/h5,9,13,15-16,20H,3-4,6-8,10-11,18-19H2,1-2H3/b12-9+. The first kappa shape index (κ1) is 17.2. The topological polar surface area (TPSA) is 84.4 Å². The molecule has 2 aliphatic rings. The van der Waals surface area contributed by atoms with Crippen molar-refractivity contribution in [3.05, 3.63) is 23.4 Å².